The fraction of sp³-hybridized carbons (Fsp3) is 0.818. The highest BCUT2D eigenvalue weighted by atomic mass is 14.8. The van der Waals surface area contributed by atoms with E-state index in [1.165, 1.54) is 24.3 Å². The molecule has 2 heteroatoms. The standard InChI is InChI=1S/C11H20N2/c1-4-12-10-7-5-6-8-11(10)13-9(2)3/h9H,4-8H2,1-3H3/b12-10-,13-11-. The van der Waals surface area contributed by atoms with Gasteiger partial charge < -0.3 is 0 Å². The van der Waals surface area contributed by atoms with Crippen LogP contribution in [0.3, 0.4) is 0 Å². The van der Waals surface area contributed by atoms with Crippen molar-refractivity contribution in [2.75, 3.05) is 6.54 Å². The molecule has 1 aliphatic rings. The molecule has 1 rings (SSSR count). The summed E-state index contributed by atoms with van der Waals surface area (Å²) < 4.78 is 0. The van der Waals surface area contributed by atoms with E-state index in [1.54, 1.807) is 0 Å². The van der Waals surface area contributed by atoms with Gasteiger partial charge in [-0.15, -0.1) is 0 Å². The molecular formula is C11H20N2. The van der Waals surface area contributed by atoms with Crippen molar-refractivity contribution in [2.45, 2.75) is 52.5 Å². The summed E-state index contributed by atoms with van der Waals surface area (Å²) in [6.45, 7) is 7.25. The first-order valence-corrected chi connectivity index (χ1v) is 5.34. The fourth-order valence-corrected chi connectivity index (χ4v) is 1.69. The Labute approximate surface area is 81.2 Å². The molecule has 1 aliphatic carbocycles. The lowest BCUT2D eigenvalue weighted by Gasteiger charge is -2.16. The molecule has 0 atom stereocenters. The third-order valence-corrected chi connectivity index (χ3v) is 2.17. The molecule has 0 N–H and O–H groups in total. The van der Waals surface area contributed by atoms with E-state index < -0.39 is 0 Å². The number of rotatable bonds is 2. The lowest BCUT2D eigenvalue weighted by Crippen LogP contribution is -2.21. The van der Waals surface area contributed by atoms with Crippen LogP contribution < -0.4 is 0 Å². The van der Waals surface area contributed by atoms with Gasteiger partial charge in [0.2, 0.25) is 0 Å². The summed E-state index contributed by atoms with van der Waals surface area (Å²) in [6, 6.07) is 0.412. The predicted molar refractivity (Wildman–Crippen MR) is 59.0 cm³/mol. The minimum atomic E-state index is 0.412. The summed E-state index contributed by atoms with van der Waals surface area (Å²) in [5, 5.41) is 0. The first kappa shape index (κ1) is 10.4. The summed E-state index contributed by atoms with van der Waals surface area (Å²) in [7, 11) is 0. The summed E-state index contributed by atoms with van der Waals surface area (Å²) in [4.78, 5) is 9.13. The van der Waals surface area contributed by atoms with Crippen LogP contribution in [0.4, 0.5) is 0 Å². The normalized spacial score (nSPS) is 24.6. The minimum Gasteiger partial charge on any atom is -0.288 e. The first-order chi connectivity index (χ1) is 6.24. The quantitative estimate of drug-likeness (QED) is 0.624. The van der Waals surface area contributed by atoms with E-state index in [4.69, 9.17) is 0 Å². The van der Waals surface area contributed by atoms with Gasteiger partial charge in [-0.3, -0.25) is 9.98 Å². The van der Waals surface area contributed by atoms with Gasteiger partial charge in [0.15, 0.2) is 0 Å². The number of aliphatic imine (C=N–C) groups is 2. The van der Waals surface area contributed by atoms with Crippen LogP contribution in [-0.2, 0) is 0 Å². The smallest absolute Gasteiger partial charge is 0.0561 e. The number of nitrogens with zero attached hydrogens (tertiary/aromatic N) is 2. The van der Waals surface area contributed by atoms with Crippen LogP contribution in [0, 0.1) is 0 Å². The molecule has 0 bridgehead atoms. The lowest BCUT2D eigenvalue weighted by atomic mass is 9.96. The Morgan fingerprint density at radius 1 is 1.15 bits per heavy atom. The zero-order chi connectivity index (χ0) is 9.68. The van der Waals surface area contributed by atoms with Crippen LogP contribution in [0.1, 0.15) is 46.5 Å². The van der Waals surface area contributed by atoms with Crippen molar-refractivity contribution in [2.24, 2.45) is 9.98 Å². The summed E-state index contributed by atoms with van der Waals surface area (Å²) in [6.07, 6.45) is 4.85. The number of hydrogen-bond donors (Lipinski definition) is 0. The Morgan fingerprint density at radius 2 is 1.77 bits per heavy atom. The topological polar surface area (TPSA) is 24.7 Å². The Kier molecular flexibility index (Phi) is 4.13. The molecule has 13 heavy (non-hydrogen) atoms. The average molecular weight is 180 g/mol. The van der Waals surface area contributed by atoms with Gasteiger partial charge in [0.25, 0.3) is 0 Å². The van der Waals surface area contributed by atoms with Crippen LogP contribution >= 0.6 is 0 Å². The molecule has 0 heterocycles. The van der Waals surface area contributed by atoms with Gasteiger partial charge in [-0.2, -0.15) is 0 Å². The molecule has 0 unspecified atom stereocenters. The highest BCUT2D eigenvalue weighted by molar-refractivity contribution is 6.42. The zero-order valence-electron chi connectivity index (χ0n) is 9.01. The van der Waals surface area contributed by atoms with Crippen LogP contribution in [-0.4, -0.2) is 24.0 Å². The molecule has 1 saturated carbocycles. The van der Waals surface area contributed by atoms with Crippen molar-refractivity contribution < 1.29 is 0 Å². The molecule has 2 nitrogen and oxygen atoms in total. The second kappa shape index (κ2) is 5.15. The van der Waals surface area contributed by atoms with Crippen molar-refractivity contribution in [1.82, 2.24) is 0 Å². The van der Waals surface area contributed by atoms with Gasteiger partial charge in [-0.1, -0.05) is 0 Å². The number of hydrogen-bond acceptors (Lipinski definition) is 2. The average Bonchev–Trinajstić information content (AvgIpc) is 2.08. The zero-order valence-corrected chi connectivity index (χ0v) is 9.01. The molecule has 0 aliphatic heterocycles. The van der Waals surface area contributed by atoms with Crippen LogP contribution in [0.25, 0.3) is 0 Å². The fourth-order valence-electron chi connectivity index (χ4n) is 1.69. The summed E-state index contributed by atoms with van der Waals surface area (Å²) in [5.74, 6) is 0. The van der Waals surface area contributed by atoms with Gasteiger partial charge in [0.1, 0.15) is 0 Å². The van der Waals surface area contributed by atoms with Crippen LogP contribution in [0.2, 0.25) is 0 Å². The van der Waals surface area contributed by atoms with E-state index in [2.05, 4.69) is 30.8 Å². The summed E-state index contributed by atoms with van der Waals surface area (Å²) in [5.41, 5.74) is 2.53. The summed E-state index contributed by atoms with van der Waals surface area (Å²) >= 11 is 0. The van der Waals surface area contributed by atoms with Crippen molar-refractivity contribution >= 4 is 11.4 Å². The third kappa shape index (κ3) is 3.29. The van der Waals surface area contributed by atoms with E-state index in [1.807, 2.05) is 0 Å². The van der Waals surface area contributed by atoms with E-state index in [0.717, 1.165) is 19.4 Å². The molecule has 0 aromatic heterocycles. The Bertz CT molecular complexity index is 214. The van der Waals surface area contributed by atoms with E-state index in [-0.39, 0.29) is 0 Å². The highest BCUT2D eigenvalue weighted by Crippen LogP contribution is 2.14. The SMILES string of the molecule is CC/N=C1/CCCC/C1=N/C(C)C. The second-order valence-corrected chi connectivity index (χ2v) is 3.80. The molecule has 0 aromatic rings. The van der Waals surface area contributed by atoms with Gasteiger partial charge in [-0.25, -0.2) is 0 Å². The molecule has 0 amide bonds. The van der Waals surface area contributed by atoms with E-state index in [9.17, 15) is 0 Å². The van der Waals surface area contributed by atoms with Gasteiger partial charge in [0.05, 0.1) is 11.4 Å². The second-order valence-electron chi connectivity index (χ2n) is 3.80. The molecule has 74 valence electrons. The molecule has 0 radical (unpaired) electrons. The molecule has 0 spiro atoms. The third-order valence-electron chi connectivity index (χ3n) is 2.17. The van der Waals surface area contributed by atoms with E-state index in [0.29, 0.717) is 6.04 Å². The Morgan fingerprint density at radius 3 is 2.31 bits per heavy atom. The molecule has 1 fully saturated rings. The predicted octanol–water partition coefficient (Wildman–Crippen LogP) is 2.87. The van der Waals surface area contributed by atoms with Gasteiger partial charge in [-0.05, 0) is 46.5 Å². The highest BCUT2D eigenvalue weighted by Gasteiger charge is 2.14. The maximum Gasteiger partial charge on any atom is 0.0561 e. The maximum atomic E-state index is 4.62. The molecule has 0 saturated heterocycles. The largest absolute Gasteiger partial charge is 0.288 e. The van der Waals surface area contributed by atoms with Crippen LogP contribution in [0.5, 0.6) is 0 Å². The van der Waals surface area contributed by atoms with Gasteiger partial charge in [0, 0.05) is 12.6 Å². The van der Waals surface area contributed by atoms with Gasteiger partial charge >= 0.3 is 0 Å². The molecular weight excluding hydrogens is 160 g/mol. The van der Waals surface area contributed by atoms with Crippen molar-refractivity contribution in [3.05, 3.63) is 0 Å². The maximum absolute atomic E-state index is 4.62. The molecule has 0 aromatic carbocycles. The monoisotopic (exact) mass is 180 g/mol. The van der Waals surface area contributed by atoms with Crippen molar-refractivity contribution in [3.63, 3.8) is 0 Å². The van der Waals surface area contributed by atoms with E-state index >= 15 is 0 Å². The Balaban J connectivity index is 2.73. The minimum absolute atomic E-state index is 0.412. The first-order valence-electron chi connectivity index (χ1n) is 5.34. The van der Waals surface area contributed by atoms with Crippen molar-refractivity contribution in [3.8, 4) is 0 Å². The Hall–Kier alpha value is -0.660. The lowest BCUT2D eigenvalue weighted by molar-refractivity contribution is 0.756. The van der Waals surface area contributed by atoms with Crippen molar-refractivity contribution in [1.29, 1.82) is 0 Å². The van der Waals surface area contributed by atoms with Crippen LogP contribution in [0.15, 0.2) is 9.98 Å².